The lowest BCUT2D eigenvalue weighted by molar-refractivity contribution is -0.121. The molecule has 0 saturated carbocycles. The minimum absolute atomic E-state index is 0.00691. The number of aromatic nitrogens is 4. The first kappa shape index (κ1) is 18.0. The van der Waals surface area contributed by atoms with Crippen LogP contribution < -0.4 is 5.32 Å². The van der Waals surface area contributed by atoms with E-state index in [0.29, 0.717) is 17.9 Å². The third-order valence-electron chi connectivity index (χ3n) is 3.87. The van der Waals surface area contributed by atoms with Crippen molar-refractivity contribution in [2.45, 2.75) is 5.16 Å². The average molecular weight is 372 g/mol. The number of aromatic amines is 1. The summed E-state index contributed by atoms with van der Waals surface area (Å²) in [6, 6.07) is 7.59. The molecule has 0 saturated heterocycles. The number of hydrogen-bond acceptors (Lipinski definition) is 5. The molecule has 3 rings (SSSR count). The number of likely N-dealkylation sites (N-methyl/N-ethyl adjacent to an activating group) is 1. The standard InChI is InChI=1S/C17H20N6O2S/c1-22(16(25)13-9-19-14-6-4-3-5-12(13)14)10-15(24)18-7-8-26-17-21-20-11-23(17)2/h3-6,9,11,19H,7-8,10H2,1-2H3,(H,18,24). The SMILES string of the molecule is CN(CC(=O)NCCSc1nncn1C)C(=O)c1c[nH]c2ccccc12. The lowest BCUT2D eigenvalue weighted by atomic mass is 10.1. The van der Waals surface area contributed by atoms with Crippen LogP contribution in [0.3, 0.4) is 0 Å². The van der Waals surface area contributed by atoms with Crippen LogP contribution in [-0.4, -0.2) is 62.4 Å². The molecular weight excluding hydrogens is 352 g/mol. The van der Waals surface area contributed by atoms with Crippen molar-refractivity contribution in [2.75, 3.05) is 25.9 Å². The quantitative estimate of drug-likeness (QED) is 0.481. The Balaban J connectivity index is 1.47. The van der Waals surface area contributed by atoms with Crippen LogP contribution in [0.4, 0.5) is 0 Å². The molecule has 0 aliphatic carbocycles. The van der Waals surface area contributed by atoms with Crippen LogP contribution in [0.15, 0.2) is 41.9 Å². The van der Waals surface area contributed by atoms with E-state index in [-0.39, 0.29) is 18.4 Å². The number of amides is 2. The number of H-pyrrole nitrogens is 1. The summed E-state index contributed by atoms with van der Waals surface area (Å²) in [5.41, 5.74) is 1.46. The Morgan fingerprint density at radius 2 is 2.15 bits per heavy atom. The highest BCUT2D eigenvalue weighted by Crippen LogP contribution is 2.18. The Kier molecular flexibility index (Phi) is 5.57. The maximum atomic E-state index is 12.6. The van der Waals surface area contributed by atoms with Crippen LogP contribution in [0.1, 0.15) is 10.4 Å². The van der Waals surface area contributed by atoms with Gasteiger partial charge in [-0.3, -0.25) is 9.59 Å². The predicted molar refractivity (Wildman–Crippen MR) is 100.0 cm³/mol. The molecule has 9 heteroatoms. The lowest BCUT2D eigenvalue weighted by Crippen LogP contribution is -2.39. The van der Waals surface area contributed by atoms with Gasteiger partial charge in [0.2, 0.25) is 5.91 Å². The van der Waals surface area contributed by atoms with Gasteiger partial charge in [-0.1, -0.05) is 30.0 Å². The number of benzene rings is 1. The first-order chi connectivity index (χ1) is 12.6. The molecule has 0 aliphatic rings. The first-order valence-electron chi connectivity index (χ1n) is 8.11. The fourth-order valence-electron chi connectivity index (χ4n) is 2.53. The number of para-hydroxylation sites is 1. The molecule has 2 aromatic heterocycles. The molecule has 0 bridgehead atoms. The van der Waals surface area contributed by atoms with E-state index < -0.39 is 0 Å². The summed E-state index contributed by atoms with van der Waals surface area (Å²) < 4.78 is 1.82. The van der Waals surface area contributed by atoms with Crippen LogP contribution in [0.2, 0.25) is 0 Å². The molecule has 1 aromatic carbocycles. The fraction of sp³-hybridized carbons (Fsp3) is 0.294. The van der Waals surface area contributed by atoms with E-state index in [0.717, 1.165) is 16.1 Å². The van der Waals surface area contributed by atoms with E-state index in [9.17, 15) is 9.59 Å². The van der Waals surface area contributed by atoms with Gasteiger partial charge in [-0.2, -0.15) is 0 Å². The summed E-state index contributed by atoms with van der Waals surface area (Å²) in [5, 5.41) is 12.2. The van der Waals surface area contributed by atoms with Crippen molar-refractivity contribution in [1.82, 2.24) is 30.0 Å². The molecule has 3 aromatic rings. The maximum Gasteiger partial charge on any atom is 0.256 e. The smallest absolute Gasteiger partial charge is 0.256 e. The van der Waals surface area contributed by atoms with Crippen LogP contribution >= 0.6 is 11.8 Å². The first-order valence-corrected chi connectivity index (χ1v) is 9.10. The second kappa shape index (κ2) is 8.05. The molecule has 136 valence electrons. The van der Waals surface area contributed by atoms with E-state index >= 15 is 0 Å². The molecule has 2 amide bonds. The van der Waals surface area contributed by atoms with Crippen molar-refractivity contribution in [3.8, 4) is 0 Å². The number of rotatable bonds is 7. The molecule has 0 atom stereocenters. The molecule has 0 spiro atoms. The second-order valence-electron chi connectivity index (χ2n) is 5.83. The molecule has 2 N–H and O–H groups in total. The number of nitrogens with one attached hydrogen (secondary N) is 2. The summed E-state index contributed by atoms with van der Waals surface area (Å²) in [4.78, 5) is 29.1. The van der Waals surface area contributed by atoms with Crippen LogP contribution in [0.5, 0.6) is 0 Å². The number of nitrogens with zero attached hydrogens (tertiary/aromatic N) is 4. The molecule has 0 aliphatic heterocycles. The summed E-state index contributed by atoms with van der Waals surface area (Å²) in [5.74, 6) is 0.295. The molecule has 0 fully saturated rings. The Morgan fingerprint density at radius 1 is 1.35 bits per heavy atom. The van der Waals surface area contributed by atoms with Gasteiger partial charge in [-0.05, 0) is 6.07 Å². The third-order valence-corrected chi connectivity index (χ3v) is 4.91. The fourth-order valence-corrected chi connectivity index (χ4v) is 3.28. The number of carbonyl (C=O) groups excluding carboxylic acids is 2. The summed E-state index contributed by atoms with van der Waals surface area (Å²) >= 11 is 1.51. The van der Waals surface area contributed by atoms with Crippen molar-refractivity contribution < 1.29 is 9.59 Å². The van der Waals surface area contributed by atoms with E-state index in [1.165, 1.54) is 16.7 Å². The number of carbonyl (C=O) groups is 2. The predicted octanol–water partition coefficient (Wildman–Crippen LogP) is 1.28. The van der Waals surface area contributed by atoms with Crippen molar-refractivity contribution >= 4 is 34.5 Å². The normalized spacial score (nSPS) is 10.8. The van der Waals surface area contributed by atoms with E-state index in [4.69, 9.17) is 0 Å². The van der Waals surface area contributed by atoms with Crippen LogP contribution in [-0.2, 0) is 11.8 Å². The Morgan fingerprint density at radius 3 is 2.92 bits per heavy atom. The minimum atomic E-state index is -0.195. The van der Waals surface area contributed by atoms with Gasteiger partial charge >= 0.3 is 0 Å². The molecule has 26 heavy (non-hydrogen) atoms. The van der Waals surface area contributed by atoms with Gasteiger partial charge in [0.15, 0.2) is 5.16 Å². The van der Waals surface area contributed by atoms with Crippen LogP contribution in [0.25, 0.3) is 10.9 Å². The Hall–Kier alpha value is -2.81. The van der Waals surface area contributed by atoms with Crippen molar-refractivity contribution in [3.05, 3.63) is 42.4 Å². The highest BCUT2D eigenvalue weighted by Gasteiger charge is 2.18. The van der Waals surface area contributed by atoms with E-state index in [1.54, 1.807) is 19.6 Å². The van der Waals surface area contributed by atoms with Gasteiger partial charge in [0.05, 0.1) is 12.1 Å². The Bertz CT molecular complexity index is 919. The average Bonchev–Trinajstić information content (AvgIpc) is 3.24. The zero-order valence-corrected chi connectivity index (χ0v) is 15.4. The lowest BCUT2D eigenvalue weighted by Gasteiger charge is -2.16. The minimum Gasteiger partial charge on any atom is -0.360 e. The van der Waals surface area contributed by atoms with E-state index in [1.807, 2.05) is 35.9 Å². The maximum absolute atomic E-state index is 12.6. The van der Waals surface area contributed by atoms with Crippen molar-refractivity contribution in [1.29, 1.82) is 0 Å². The summed E-state index contributed by atoms with van der Waals surface area (Å²) in [7, 11) is 3.49. The number of hydrogen-bond donors (Lipinski definition) is 2. The highest BCUT2D eigenvalue weighted by molar-refractivity contribution is 7.99. The van der Waals surface area contributed by atoms with Gasteiger partial charge < -0.3 is 19.8 Å². The van der Waals surface area contributed by atoms with Gasteiger partial charge in [0.25, 0.3) is 5.91 Å². The number of thioether (sulfide) groups is 1. The van der Waals surface area contributed by atoms with Crippen LogP contribution in [0, 0.1) is 0 Å². The van der Waals surface area contributed by atoms with Crippen molar-refractivity contribution in [2.24, 2.45) is 7.05 Å². The molecular formula is C17H20N6O2S. The van der Waals surface area contributed by atoms with Crippen molar-refractivity contribution in [3.63, 3.8) is 0 Å². The highest BCUT2D eigenvalue weighted by atomic mass is 32.2. The largest absolute Gasteiger partial charge is 0.360 e. The van der Waals surface area contributed by atoms with Gasteiger partial charge in [-0.25, -0.2) is 0 Å². The number of aryl methyl sites for hydroxylation is 1. The molecule has 2 heterocycles. The van der Waals surface area contributed by atoms with Gasteiger partial charge in [0.1, 0.15) is 6.33 Å². The zero-order valence-electron chi connectivity index (χ0n) is 14.6. The van der Waals surface area contributed by atoms with Gasteiger partial charge in [0, 0.05) is 43.5 Å². The van der Waals surface area contributed by atoms with E-state index in [2.05, 4.69) is 20.5 Å². The molecule has 0 unspecified atom stereocenters. The van der Waals surface area contributed by atoms with Gasteiger partial charge in [-0.15, -0.1) is 10.2 Å². The monoisotopic (exact) mass is 372 g/mol. The number of fused-ring (bicyclic) bond motifs is 1. The topological polar surface area (TPSA) is 95.9 Å². The third kappa shape index (κ3) is 4.05. The Labute approximate surface area is 155 Å². The summed E-state index contributed by atoms with van der Waals surface area (Å²) in [6.07, 6.45) is 3.31. The summed E-state index contributed by atoms with van der Waals surface area (Å²) in [6.45, 7) is 0.498. The second-order valence-corrected chi connectivity index (χ2v) is 6.89. The zero-order chi connectivity index (χ0) is 18.5. The molecule has 0 radical (unpaired) electrons. The molecule has 8 nitrogen and oxygen atoms in total.